The van der Waals surface area contributed by atoms with Crippen LogP contribution in [-0.2, 0) is 0 Å². The van der Waals surface area contributed by atoms with Crippen molar-refractivity contribution in [1.29, 1.82) is 0 Å². The standard InChI is InChI=1S/C59H67N7O7/c1-37(2)10-8-12-39(5)26-28-69-49-22-16-43(17-23-49)52-35-55(72-65-52)46-31-45(54-34-51(64-71-54)42-14-20-48(21-15-42)61-59(68)63-58-60-41(7)30-57(67)62-58)32-47(33-46)56-36-53(66-73-56)44-18-24-50(25-19-44)70-29-27-40(6)13-9-11-38(3)4/h14-25,30-40H,8-13,26-29H2,1-7H3,(H3,60,61,62,63,67,68)/t39-,40?/m1/s1. The van der Waals surface area contributed by atoms with Crippen molar-refractivity contribution in [3.8, 4) is 79.2 Å². The minimum absolute atomic E-state index is 0.0481. The molecule has 2 atom stereocenters. The molecule has 73 heavy (non-hydrogen) atoms. The van der Waals surface area contributed by atoms with Crippen LogP contribution in [0.1, 0.15) is 98.6 Å². The number of ether oxygens (including phenoxy) is 2. The molecule has 0 fully saturated rings. The van der Waals surface area contributed by atoms with E-state index in [-0.39, 0.29) is 5.95 Å². The van der Waals surface area contributed by atoms with Gasteiger partial charge in [0.05, 0.1) is 13.2 Å². The summed E-state index contributed by atoms with van der Waals surface area (Å²) in [6.07, 6.45) is 9.52. The van der Waals surface area contributed by atoms with Gasteiger partial charge >= 0.3 is 6.03 Å². The van der Waals surface area contributed by atoms with Gasteiger partial charge in [-0.25, -0.2) is 4.79 Å². The number of urea groups is 1. The first kappa shape index (κ1) is 51.6. The molecule has 2 amide bonds. The molecule has 0 bridgehead atoms. The van der Waals surface area contributed by atoms with Crippen LogP contribution in [0, 0.1) is 30.6 Å². The fourth-order valence-corrected chi connectivity index (χ4v) is 8.57. The first-order chi connectivity index (χ1) is 35.3. The Kier molecular flexibility index (Phi) is 17.4. The van der Waals surface area contributed by atoms with E-state index in [0.717, 1.165) is 64.0 Å². The summed E-state index contributed by atoms with van der Waals surface area (Å²) in [6, 6.07) is 35.4. The van der Waals surface area contributed by atoms with Gasteiger partial charge in [0.2, 0.25) is 5.95 Å². The highest BCUT2D eigenvalue weighted by Gasteiger charge is 2.19. The van der Waals surface area contributed by atoms with Crippen LogP contribution in [0.4, 0.5) is 16.4 Å². The van der Waals surface area contributed by atoms with E-state index in [0.29, 0.717) is 76.4 Å². The maximum Gasteiger partial charge on any atom is 0.326 e. The molecule has 8 aromatic rings. The first-order valence-electron chi connectivity index (χ1n) is 25.6. The molecule has 1 unspecified atom stereocenters. The van der Waals surface area contributed by atoms with Gasteiger partial charge in [-0.3, -0.25) is 10.1 Å². The Hall–Kier alpha value is -7.74. The van der Waals surface area contributed by atoms with Crippen molar-refractivity contribution in [3.63, 3.8) is 0 Å². The number of carbonyl (C=O) groups excluding carboxylic acids is 1. The van der Waals surface area contributed by atoms with Crippen molar-refractivity contribution in [3.05, 3.63) is 131 Å². The summed E-state index contributed by atoms with van der Waals surface area (Å²) in [4.78, 5) is 31.1. The van der Waals surface area contributed by atoms with E-state index in [9.17, 15) is 9.59 Å². The van der Waals surface area contributed by atoms with Gasteiger partial charge in [-0.15, -0.1) is 0 Å². The fraction of sp³-hybridized carbons (Fsp3) is 0.356. The maximum atomic E-state index is 12.7. The van der Waals surface area contributed by atoms with E-state index in [4.69, 9.17) is 23.0 Å². The molecule has 4 heterocycles. The van der Waals surface area contributed by atoms with Crippen molar-refractivity contribution in [2.75, 3.05) is 23.8 Å². The average molecular weight is 986 g/mol. The number of nitrogens with zero attached hydrogens (tertiary/aromatic N) is 4. The number of nitrogens with one attached hydrogen (secondary N) is 3. The molecule has 0 aliphatic carbocycles. The molecular weight excluding hydrogens is 919 g/mol. The van der Waals surface area contributed by atoms with E-state index < -0.39 is 11.6 Å². The average Bonchev–Trinajstić information content (AvgIpc) is 4.17. The van der Waals surface area contributed by atoms with Crippen LogP contribution in [0.3, 0.4) is 0 Å². The molecule has 0 radical (unpaired) electrons. The van der Waals surface area contributed by atoms with E-state index in [1.54, 1.807) is 19.1 Å². The van der Waals surface area contributed by atoms with E-state index >= 15 is 0 Å². The summed E-state index contributed by atoms with van der Waals surface area (Å²) in [5.41, 5.74) is 7.30. The number of H-pyrrole nitrogens is 1. The molecule has 8 rings (SSSR count). The van der Waals surface area contributed by atoms with E-state index in [1.165, 1.54) is 44.6 Å². The van der Waals surface area contributed by atoms with Gasteiger partial charge in [0.15, 0.2) is 17.3 Å². The molecule has 0 aliphatic rings. The minimum atomic E-state index is -0.559. The lowest BCUT2D eigenvalue weighted by Crippen LogP contribution is -2.23. The van der Waals surface area contributed by atoms with Crippen LogP contribution in [-0.4, -0.2) is 44.7 Å². The van der Waals surface area contributed by atoms with Crippen LogP contribution < -0.4 is 25.7 Å². The highest BCUT2D eigenvalue weighted by atomic mass is 16.5. The predicted molar refractivity (Wildman–Crippen MR) is 287 cm³/mol. The van der Waals surface area contributed by atoms with Gasteiger partial charge < -0.3 is 33.3 Å². The summed E-state index contributed by atoms with van der Waals surface area (Å²) >= 11 is 0. The lowest BCUT2D eigenvalue weighted by Gasteiger charge is -2.13. The quantitative estimate of drug-likeness (QED) is 0.0523. The van der Waals surface area contributed by atoms with Gasteiger partial charge in [-0.05, 0) is 122 Å². The Morgan fingerprint density at radius 2 is 0.932 bits per heavy atom. The third kappa shape index (κ3) is 14.9. The highest BCUT2D eigenvalue weighted by Crippen LogP contribution is 2.37. The van der Waals surface area contributed by atoms with Crippen LogP contribution in [0.2, 0.25) is 0 Å². The van der Waals surface area contributed by atoms with Crippen molar-refractivity contribution in [1.82, 2.24) is 25.4 Å². The zero-order valence-corrected chi connectivity index (χ0v) is 43.0. The van der Waals surface area contributed by atoms with E-state index in [1.807, 2.05) is 97.1 Å². The largest absolute Gasteiger partial charge is 0.494 e. The second kappa shape index (κ2) is 24.6. The first-order valence-corrected chi connectivity index (χ1v) is 25.6. The summed E-state index contributed by atoms with van der Waals surface area (Å²) in [6.45, 7) is 16.8. The van der Waals surface area contributed by atoms with Crippen molar-refractivity contribution < 1.29 is 27.8 Å². The van der Waals surface area contributed by atoms with Crippen molar-refractivity contribution in [2.45, 2.75) is 99.8 Å². The number of aromatic nitrogens is 5. The van der Waals surface area contributed by atoms with Crippen LogP contribution in [0.5, 0.6) is 11.5 Å². The molecule has 14 heteroatoms. The molecule has 0 aliphatic heterocycles. The molecule has 0 spiro atoms. The Morgan fingerprint density at radius 1 is 0.521 bits per heavy atom. The smallest absolute Gasteiger partial charge is 0.326 e. The van der Waals surface area contributed by atoms with Gasteiger partial charge in [0, 0.05) is 69.0 Å². The number of benzene rings is 4. The zero-order valence-electron chi connectivity index (χ0n) is 43.0. The predicted octanol–water partition coefficient (Wildman–Crippen LogP) is 15.2. The lowest BCUT2D eigenvalue weighted by molar-refractivity contribution is 0.262. The maximum absolute atomic E-state index is 12.7. The second-order valence-corrected chi connectivity index (χ2v) is 20.1. The van der Waals surface area contributed by atoms with Gasteiger partial charge in [0.1, 0.15) is 28.6 Å². The Balaban J connectivity index is 0.988. The monoisotopic (exact) mass is 986 g/mol. The molecule has 380 valence electrons. The molecule has 0 saturated carbocycles. The summed E-state index contributed by atoms with van der Waals surface area (Å²) < 4.78 is 30.3. The zero-order chi connectivity index (χ0) is 51.3. The number of carbonyl (C=O) groups is 1. The number of anilines is 2. The number of aromatic amines is 1. The highest BCUT2D eigenvalue weighted by molar-refractivity contribution is 5.98. The molecule has 0 saturated heterocycles. The van der Waals surface area contributed by atoms with Crippen molar-refractivity contribution >= 4 is 17.7 Å². The fourth-order valence-electron chi connectivity index (χ4n) is 8.57. The second-order valence-electron chi connectivity index (χ2n) is 20.1. The number of amides is 2. The minimum Gasteiger partial charge on any atom is -0.494 e. The topological polar surface area (TPSA) is 183 Å². The SMILES string of the molecule is Cc1cc(=O)nc(NC(=O)Nc2ccc(-c3cc(-c4cc(-c5cc(-c6ccc(OCCC(C)CCCC(C)C)cc6)no5)cc(-c5cc(-c6ccc(OCC[C@H](C)CCCC(C)C)cc6)no5)c4)on3)cc2)[nH]1. The summed E-state index contributed by atoms with van der Waals surface area (Å²) in [7, 11) is 0. The molecule has 3 N–H and O–H groups in total. The van der Waals surface area contributed by atoms with Crippen LogP contribution in [0.15, 0.2) is 134 Å². The Morgan fingerprint density at radius 3 is 1.33 bits per heavy atom. The molecule has 4 aromatic carbocycles. The third-order valence-corrected chi connectivity index (χ3v) is 12.9. The Bertz CT molecular complexity index is 2950. The van der Waals surface area contributed by atoms with E-state index in [2.05, 4.69) is 77.6 Å². The normalized spacial score (nSPS) is 12.3. The number of rotatable bonds is 24. The third-order valence-electron chi connectivity index (χ3n) is 12.9. The van der Waals surface area contributed by atoms with Crippen LogP contribution >= 0.6 is 0 Å². The van der Waals surface area contributed by atoms with Crippen LogP contribution in [0.25, 0.3) is 67.7 Å². The number of aryl methyl sites for hydroxylation is 1. The molecule has 14 nitrogen and oxygen atoms in total. The molecular formula is C59H67N7O7. The molecule has 4 aromatic heterocycles. The summed E-state index contributed by atoms with van der Waals surface area (Å²) in [5.74, 6) is 5.99. The van der Waals surface area contributed by atoms with Gasteiger partial charge in [-0.1, -0.05) is 108 Å². The Labute approximate surface area is 427 Å². The van der Waals surface area contributed by atoms with Crippen molar-refractivity contribution in [2.24, 2.45) is 23.7 Å². The van der Waals surface area contributed by atoms with Gasteiger partial charge in [0.25, 0.3) is 5.56 Å². The van der Waals surface area contributed by atoms with Gasteiger partial charge in [-0.2, -0.15) is 4.98 Å². The number of hydrogen-bond donors (Lipinski definition) is 3. The lowest BCUT2D eigenvalue weighted by atomic mass is 9.98. The summed E-state index contributed by atoms with van der Waals surface area (Å²) in [5, 5.41) is 18.7. The number of hydrogen-bond acceptors (Lipinski definition) is 11.